The van der Waals surface area contributed by atoms with E-state index >= 15 is 0 Å². The lowest BCUT2D eigenvalue weighted by atomic mass is 10.3. The molecule has 1 N–H and O–H groups in total. The summed E-state index contributed by atoms with van der Waals surface area (Å²) in [5.74, 6) is -0.481. The van der Waals surface area contributed by atoms with Gasteiger partial charge in [0.1, 0.15) is 5.56 Å². The Labute approximate surface area is 156 Å². The van der Waals surface area contributed by atoms with Crippen molar-refractivity contribution >= 4 is 17.7 Å². The topological polar surface area (TPSA) is 91.0 Å². The highest BCUT2D eigenvalue weighted by molar-refractivity contribution is 6.00. The number of para-hydroxylation sites is 1. The van der Waals surface area contributed by atoms with Gasteiger partial charge >= 0.3 is 5.97 Å². The van der Waals surface area contributed by atoms with Gasteiger partial charge in [-0.15, -0.1) is 0 Å². The average Bonchev–Trinajstić information content (AvgIpc) is 3.27. The Morgan fingerprint density at radius 2 is 1.93 bits per heavy atom. The number of ether oxygens (including phenoxy) is 1. The number of carbonyl (C=O) groups excluding carboxylic acids is 2. The molecule has 0 radical (unpaired) electrons. The minimum absolute atomic E-state index is 0.212. The predicted octanol–water partition coefficient (Wildman–Crippen LogP) is 2.58. The van der Waals surface area contributed by atoms with Crippen molar-refractivity contribution in [3.8, 4) is 5.69 Å². The number of nitrogens with one attached hydrogen (secondary N) is 1. The molecule has 2 aromatic heterocycles. The number of aromatic nitrogens is 4. The highest BCUT2D eigenvalue weighted by Crippen LogP contribution is 2.21. The van der Waals surface area contributed by atoms with Gasteiger partial charge in [-0.05, 0) is 31.5 Å². The predicted molar refractivity (Wildman–Crippen MR) is 99.7 cm³/mol. The third-order valence-corrected chi connectivity index (χ3v) is 3.85. The molecule has 0 aliphatic heterocycles. The number of nitrogens with zero attached hydrogens (tertiary/aromatic N) is 4. The van der Waals surface area contributed by atoms with Gasteiger partial charge in [-0.1, -0.05) is 18.2 Å². The molecule has 140 valence electrons. The minimum atomic E-state index is -0.530. The maximum atomic E-state index is 12.5. The van der Waals surface area contributed by atoms with Crippen LogP contribution in [0.5, 0.6) is 0 Å². The van der Waals surface area contributed by atoms with Gasteiger partial charge in [-0.3, -0.25) is 9.48 Å². The fraction of sp³-hybridized carbons (Fsp3) is 0.263. The van der Waals surface area contributed by atoms with Crippen LogP contribution in [0, 0.1) is 6.92 Å². The Morgan fingerprint density at radius 3 is 2.59 bits per heavy atom. The van der Waals surface area contributed by atoms with Gasteiger partial charge in [0.15, 0.2) is 5.82 Å². The maximum Gasteiger partial charge on any atom is 0.343 e. The summed E-state index contributed by atoms with van der Waals surface area (Å²) in [7, 11) is 0. The Morgan fingerprint density at radius 1 is 1.15 bits per heavy atom. The monoisotopic (exact) mass is 367 g/mol. The van der Waals surface area contributed by atoms with Crippen molar-refractivity contribution in [3.63, 3.8) is 0 Å². The number of hydrogen-bond donors (Lipinski definition) is 1. The smallest absolute Gasteiger partial charge is 0.343 e. The Balaban J connectivity index is 1.81. The summed E-state index contributed by atoms with van der Waals surface area (Å²) in [6, 6.07) is 9.26. The molecule has 1 aromatic carbocycles. The normalized spacial score (nSPS) is 10.6. The first-order chi connectivity index (χ1) is 13.1. The summed E-state index contributed by atoms with van der Waals surface area (Å²) < 4.78 is 8.29. The van der Waals surface area contributed by atoms with Crippen LogP contribution in [-0.2, 0) is 16.1 Å². The molecule has 0 bridgehead atoms. The Kier molecular flexibility index (Phi) is 5.65. The molecule has 0 atom stereocenters. The zero-order valence-electron chi connectivity index (χ0n) is 15.3. The van der Waals surface area contributed by atoms with E-state index in [4.69, 9.17) is 4.74 Å². The van der Waals surface area contributed by atoms with Crippen LogP contribution in [0.25, 0.3) is 5.69 Å². The molecule has 8 heteroatoms. The van der Waals surface area contributed by atoms with E-state index in [0.717, 1.165) is 11.3 Å². The van der Waals surface area contributed by atoms with Crippen molar-refractivity contribution in [1.82, 2.24) is 19.6 Å². The quantitative estimate of drug-likeness (QED) is 0.648. The van der Waals surface area contributed by atoms with Crippen LogP contribution in [0.3, 0.4) is 0 Å². The van der Waals surface area contributed by atoms with Crippen LogP contribution >= 0.6 is 0 Å². The van der Waals surface area contributed by atoms with E-state index < -0.39 is 5.97 Å². The van der Waals surface area contributed by atoms with Gasteiger partial charge in [0.2, 0.25) is 5.91 Å². The molecule has 1 amide bonds. The summed E-state index contributed by atoms with van der Waals surface area (Å²) in [5, 5.41) is 11.2. The minimum Gasteiger partial charge on any atom is -0.462 e. The molecule has 8 nitrogen and oxygen atoms in total. The third kappa shape index (κ3) is 4.41. The third-order valence-electron chi connectivity index (χ3n) is 3.85. The molecule has 0 unspecified atom stereocenters. The largest absolute Gasteiger partial charge is 0.462 e. The molecule has 0 saturated heterocycles. The number of amides is 1. The van der Waals surface area contributed by atoms with Crippen molar-refractivity contribution < 1.29 is 14.3 Å². The summed E-state index contributed by atoms with van der Waals surface area (Å²) >= 11 is 0. The maximum absolute atomic E-state index is 12.5. The van der Waals surface area contributed by atoms with Crippen molar-refractivity contribution in [2.75, 3.05) is 11.9 Å². The van der Waals surface area contributed by atoms with Gasteiger partial charge in [-0.2, -0.15) is 10.2 Å². The van der Waals surface area contributed by atoms with E-state index in [1.54, 1.807) is 17.8 Å². The van der Waals surface area contributed by atoms with Crippen LogP contribution in [0.4, 0.5) is 5.82 Å². The highest BCUT2D eigenvalue weighted by atomic mass is 16.5. The molecule has 0 fully saturated rings. The van der Waals surface area contributed by atoms with Gasteiger partial charge < -0.3 is 10.1 Å². The number of rotatable bonds is 7. The van der Waals surface area contributed by atoms with Crippen molar-refractivity contribution in [1.29, 1.82) is 0 Å². The fourth-order valence-corrected chi connectivity index (χ4v) is 2.59. The standard InChI is InChI=1S/C19H21N5O3/c1-3-27-19(26)16-12-21-24(15-7-5-4-6-8-15)18(16)22-17(25)9-10-23-13-14(2)11-20-23/h4-8,11-13H,3,9-10H2,1-2H3,(H,22,25). The summed E-state index contributed by atoms with van der Waals surface area (Å²) in [4.78, 5) is 24.7. The van der Waals surface area contributed by atoms with Crippen molar-refractivity contribution in [3.05, 3.63) is 60.0 Å². The fourth-order valence-electron chi connectivity index (χ4n) is 2.59. The number of anilines is 1. The van der Waals surface area contributed by atoms with Crippen molar-refractivity contribution in [2.24, 2.45) is 0 Å². The van der Waals surface area contributed by atoms with Gasteiger partial charge in [0.25, 0.3) is 0 Å². The lowest BCUT2D eigenvalue weighted by Crippen LogP contribution is -2.19. The average molecular weight is 367 g/mol. The van der Waals surface area contributed by atoms with E-state index in [9.17, 15) is 9.59 Å². The molecule has 3 rings (SSSR count). The molecule has 3 aromatic rings. The zero-order chi connectivity index (χ0) is 19.2. The second kappa shape index (κ2) is 8.31. The Bertz CT molecular complexity index is 930. The number of carbonyl (C=O) groups is 2. The lowest BCUT2D eigenvalue weighted by Gasteiger charge is -2.11. The first kappa shape index (κ1) is 18.4. The molecule has 27 heavy (non-hydrogen) atoms. The van der Waals surface area contributed by atoms with E-state index in [1.807, 2.05) is 43.5 Å². The molecule has 0 spiro atoms. The van der Waals surface area contributed by atoms with E-state index in [0.29, 0.717) is 12.4 Å². The SMILES string of the molecule is CCOC(=O)c1cnn(-c2ccccc2)c1NC(=O)CCn1cc(C)cn1. The number of esters is 1. The summed E-state index contributed by atoms with van der Waals surface area (Å²) in [5.41, 5.74) is 1.97. The van der Waals surface area contributed by atoms with Crippen LogP contribution in [0.1, 0.15) is 29.3 Å². The highest BCUT2D eigenvalue weighted by Gasteiger charge is 2.21. The van der Waals surface area contributed by atoms with Crippen LogP contribution in [-0.4, -0.2) is 38.0 Å². The zero-order valence-corrected chi connectivity index (χ0v) is 15.3. The second-order valence-corrected chi connectivity index (χ2v) is 5.95. The van der Waals surface area contributed by atoms with Crippen LogP contribution in [0.15, 0.2) is 48.9 Å². The van der Waals surface area contributed by atoms with E-state index in [1.165, 1.54) is 10.9 Å². The molecular weight excluding hydrogens is 346 g/mol. The van der Waals surface area contributed by atoms with Crippen LogP contribution < -0.4 is 5.32 Å². The molecule has 0 aliphatic carbocycles. The molecule has 0 saturated carbocycles. The lowest BCUT2D eigenvalue weighted by molar-refractivity contribution is -0.116. The summed E-state index contributed by atoms with van der Waals surface area (Å²) in [6.07, 6.45) is 5.22. The summed E-state index contributed by atoms with van der Waals surface area (Å²) in [6.45, 7) is 4.34. The molecule has 0 aliphatic rings. The Hall–Kier alpha value is -3.42. The first-order valence-electron chi connectivity index (χ1n) is 8.68. The van der Waals surface area contributed by atoms with Gasteiger partial charge in [0, 0.05) is 19.2 Å². The van der Waals surface area contributed by atoms with E-state index in [-0.39, 0.29) is 24.5 Å². The van der Waals surface area contributed by atoms with Gasteiger partial charge in [-0.25, -0.2) is 9.48 Å². The van der Waals surface area contributed by atoms with E-state index in [2.05, 4.69) is 15.5 Å². The van der Waals surface area contributed by atoms with Gasteiger partial charge in [0.05, 0.1) is 24.7 Å². The molecular formula is C19H21N5O3. The number of hydrogen-bond acceptors (Lipinski definition) is 5. The number of benzene rings is 1. The van der Waals surface area contributed by atoms with Crippen molar-refractivity contribution in [2.45, 2.75) is 26.8 Å². The van der Waals surface area contributed by atoms with Crippen LogP contribution in [0.2, 0.25) is 0 Å². The first-order valence-corrected chi connectivity index (χ1v) is 8.68. The second-order valence-electron chi connectivity index (χ2n) is 5.95. The number of aryl methyl sites for hydroxylation is 2. The molecule has 2 heterocycles.